The van der Waals surface area contributed by atoms with Crippen molar-refractivity contribution in [3.63, 3.8) is 0 Å². The second-order valence-electron chi connectivity index (χ2n) is 1.34. The Morgan fingerprint density at radius 3 is 3.11 bits per heavy atom. The van der Waals surface area contributed by atoms with Crippen LogP contribution < -0.4 is 4.87 Å². The van der Waals surface area contributed by atoms with Crippen molar-refractivity contribution in [2.45, 2.75) is 6.42 Å². The molecule has 0 spiro atoms. The number of nitriles is 1. The van der Waals surface area contributed by atoms with Crippen LogP contribution in [0.15, 0.2) is 4.79 Å². The van der Waals surface area contributed by atoms with Crippen molar-refractivity contribution in [2.75, 3.05) is 0 Å². The fraction of sp³-hybridized carbons (Fsp3) is 0.250. The molecule has 0 atom stereocenters. The van der Waals surface area contributed by atoms with E-state index in [0.717, 1.165) is 11.3 Å². The average molecular weight is 141 g/mol. The second kappa shape index (κ2) is 2.42. The molecule has 1 rings (SSSR count). The van der Waals surface area contributed by atoms with E-state index in [1.54, 1.807) is 0 Å². The van der Waals surface area contributed by atoms with Gasteiger partial charge in [-0.3, -0.25) is 4.79 Å². The molecule has 0 unspecified atom stereocenters. The van der Waals surface area contributed by atoms with E-state index in [2.05, 4.69) is 10.2 Å². The van der Waals surface area contributed by atoms with E-state index in [9.17, 15) is 4.79 Å². The molecule has 0 aliphatic heterocycles. The van der Waals surface area contributed by atoms with Crippen molar-refractivity contribution in [3.05, 3.63) is 14.7 Å². The molecule has 0 bridgehead atoms. The first-order valence-electron chi connectivity index (χ1n) is 2.24. The molecular weight excluding hydrogens is 138 g/mol. The molecule has 4 nitrogen and oxygen atoms in total. The molecule has 46 valence electrons. The Labute approximate surface area is 54.8 Å². The van der Waals surface area contributed by atoms with Crippen LogP contribution in [0, 0.1) is 11.3 Å². The van der Waals surface area contributed by atoms with Gasteiger partial charge in [-0.2, -0.15) is 10.4 Å². The molecule has 0 aliphatic carbocycles. The highest BCUT2D eigenvalue weighted by atomic mass is 32.1. The Kier molecular flexibility index (Phi) is 1.60. The van der Waals surface area contributed by atoms with Crippen LogP contribution >= 0.6 is 11.3 Å². The second-order valence-corrected chi connectivity index (χ2v) is 2.39. The van der Waals surface area contributed by atoms with E-state index in [0.29, 0.717) is 5.01 Å². The smallest absolute Gasteiger partial charge is 0.255 e. The average Bonchev–Trinajstić information content (AvgIpc) is 2.17. The van der Waals surface area contributed by atoms with Gasteiger partial charge in [-0.25, -0.2) is 5.10 Å². The molecule has 9 heavy (non-hydrogen) atoms. The van der Waals surface area contributed by atoms with Gasteiger partial charge in [-0.1, -0.05) is 11.3 Å². The third kappa shape index (κ3) is 1.37. The SMILES string of the molecule is N#CCc1n[nH]c(=O)s1. The van der Waals surface area contributed by atoms with Crippen molar-refractivity contribution < 1.29 is 0 Å². The zero-order chi connectivity index (χ0) is 6.69. The number of nitrogens with zero attached hydrogens (tertiary/aromatic N) is 2. The van der Waals surface area contributed by atoms with Crippen LogP contribution in [0.1, 0.15) is 5.01 Å². The minimum atomic E-state index is -0.208. The van der Waals surface area contributed by atoms with E-state index in [1.165, 1.54) is 0 Å². The normalized spacial score (nSPS) is 8.78. The molecule has 0 aliphatic rings. The highest BCUT2D eigenvalue weighted by Gasteiger charge is 1.95. The van der Waals surface area contributed by atoms with E-state index in [4.69, 9.17) is 5.26 Å². The summed E-state index contributed by atoms with van der Waals surface area (Å²) in [7, 11) is 0. The van der Waals surface area contributed by atoms with Gasteiger partial charge in [0.15, 0.2) is 0 Å². The topological polar surface area (TPSA) is 69.5 Å². The molecule has 0 saturated carbocycles. The van der Waals surface area contributed by atoms with Gasteiger partial charge in [-0.15, -0.1) is 0 Å². The first kappa shape index (κ1) is 5.98. The highest BCUT2D eigenvalue weighted by molar-refractivity contribution is 7.08. The Balaban J connectivity index is 2.88. The summed E-state index contributed by atoms with van der Waals surface area (Å²) in [5.74, 6) is 0. The first-order valence-corrected chi connectivity index (χ1v) is 3.06. The minimum Gasteiger partial charge on any atom is -0.255 e. The maximum absolute atomic E-state index is 10.4. The highest BCUT2D eigenvalue weighted by Crippen LogP contribution is 1.94. The number of aromatic nitrogens is 2. The molecule has 5 heteroatoms. The van der Waals surface area contributed by atoms with Crippen molar-refractivity contribution >= 4 is 11.3 Å². The summed E-state index contributed by atoms with van der Waals surface area (Å²) in [5, 5.41) is 14.5. The molecule has 0 aromatic carbocycles. The predicted octanol–water partition coefficient (Wildman–Crippen LogP) is -0.103. The summed E-state index contributed by atoms with van der Waals surface area (Å²) in [6.45, 7) is 0. The maximum atomic E-state index is 10.4. The van der Waals surface area contributed by atoms with Crippen LogP contribution in [-0.4, -0.2) is 10.2 Å². The lowest BCUT2D eigenvalue weighted by Gasteiger charge is -1.72. The van der Waals surface area contributed by atoms with Crippen LogP contribution in [0.25, 0.3) is 0 Å². The summed E-state index contributed by atoms with van der Waals surface area (Å²) in [6, 6.07) is 1.89. The third-order valence-electron chi connectivity index (χ3n) is 0.713. The van der Waals surface area contributed by atoms with Gasteiger partial charge >= 0.3 is 4.87 Å². The Hall–Kier alpha value is -1.15. The summed E-state index contributed by atoms with van der Waals surface area (Å²) < 4.78 is 0. The van der Waals surface area contributed by atoms with Gasteiger partial charge in [0.2, 0.25) is 0 Å². The van der Waals surface area contributed by atoms with Crippen LogP contribution in [0.3, 0.4) is 0 Å². The third-order valence-corrected chi connectivity index (χ3v) is 1.46. The van der Waals surface area contributed by atoms with Gasteiger partial charge in [0.05, 0.1) is 12.5 Å². The Morgan fingerprint density at radius 1 is 1.89 bits per heavy atom. The molecule has 1 heterocycles. The number of aromatic amines is 1. The fourth-order valence-corrected chi connectivity index (χ4v) is 0.937. The molecule has 1 N–H and O–H groups in total. The summed E-state index contributed by atoms with van der Waals surface area (Å²) >= 11 is 0.968. The van der Waals surface area contributed by atoms with Crippen LogP contribution in [-0.2, 0) is 6.42 Å². The minimum absolute atomic E-state index is 0.208. The monoisotopic (exact) mass is 141 g/mol. The van der Waals surface area contributed by atoms with Crippen molar-refractivity contribution in [3.8, 4) is 6.07 Å². The van der Waals surface area contributed by atoms with Gasteiger partial charge in [0, 0.05) is 0 Å². The fourth-order valence-electron chi connectivity index (χ4n) is 0.404. The maximum Gasteiger partial charge on any atom is 0.322 e. The van der Waals surface area contributed by atoms with Gasteiger partial charge in [0.1, 0.15) is 5.01 Å². The van der Waals surface area contributed by atoms with E-state index in [-0.39, 0.29) is 11.3 Å². The molecule has 0 amide bonds. The van der Waals surface area contributed by atoms with Crippen LogP contribution in [0.5, 0.6) is 0 Å². The molecule has 1 aromatic heterocycles. The standard InChI is InChI=1S/C4H3N3OS/c5-2-1-3-6-7-4(8)9-3/h1H2,(H,7,8). The first-order chi connectivity index (χ1) is 4.33. The number of rotatable bonds is 1. The van der Waals surface area contributed by atoms with Gasteiger partial charge in [-0.05, 0) is 0 Å². The van der Waals surface area contributed by atoms with E-state index in [1.807, 2.05) is 6.07 Å². The number of hydrogen-bond donors (Lipinski definition) is 1. The zero-order valence-electron chi connectivity index (χ0n) is 4.42. The molecule has 0 radical (unpaired) electrons. The molecule has 0 saturated heterocycles. The lowest BCUT2D eigenvalue weighted by atomic mass is 10.5. The Bertz CT molecular complexity index is 280. The van der Waals surface area contributed by atoms with Crippen molar-refractivity contribution in [2.24, 2.45) is 0 Å². The Morgan fingerprint density at radius 2 is 2.67 bits per heavy atom. The summed E-state index contributed by atoms with van der Waals surface area (Å²) in [4.78, 5) is 10.1. The van der Waals surface area contributed by atoms with E-state index < -0.39 is 0 Å². The number of hydrogen-bond acceptors (Lipinski definition) is 4. The zero-order valence-corrected chi connectivity index (χ0v) is 5.23. The lowest BCUT2D eigenvalue weighted by molar-refractivity contribution is 0.999. The van der Waals surface area contributed by atoms with Crippen LogP contribution in [0.2, 0.25) is 0 Å². The lowest BCUT2D eigenvalue weighted by Crippen LogP contribution is -1.90. The van der Waals surface area contributed by atoms with E-state index >= 15 is 0 Å². The van der Waals surface area contributed by atoms with Crippen molar-refractivity contribution in [1.29, 1.82) is 5.26 Å². The van der Waals surface area contributed by atoms with Crippen molar-refractivity contribution in [1.82, 2.24) is 10.2 Å². The molecule has 1 aromatic rings. The predicted molar refractivity (Wildman–Crippen MR) is 32.1 cm³/mol. The number of nitrogens with one attached hydrogen (secondary N) is 1. The van der Waals surface area contributed by atoms with Gasteiger partial charge in [0.25, 0.3) is 0 Å². The molecule has 0 fully saturated rings. The summed E-state index contributed by atoms with van der Waals surface area (Å²) in [6.07, 6.45) is 0.212. The quantitative estimate of drug-likeness (QED) is 0.593. The molecular formula is C4H3N3OS. The number of H-pyrrole nitrogens is 1. The van der Waals surface area contributed by atoms with Gasteiger partial charge < -0.3 is 0 Å². The largest absolute Gasteiger partial charge is 0.322 e. The van der Waals surface area contributed by atoms with Crippen LogP contribution in [0.4, 0.5) is 0 Å². The summed E-state index contributed by atoms with van der Waals surface area (Å²) in [5.41, 5.74) is 0.